The number of aromatic amines is 1. The number of benzene rings is 1. The Hall–Kier alpha value is -2.31. The third-order valence-corrected chi connectivity index (χ3v) is 2.58. The van der Waals surface area contributed by atoms with Gasteiger partial charge in [-0.15, -0.1) is 0 Å². The Kier molecular flexibility index (Phi) is 3.28. The molecule has 0 aliphatic carbocycles. The number of aromatic nitrogens is 2. The number of carbonyl (C=O) groups is 1. The highest BCUT2D eigenvalue weighted by Crippen LogP contribution is 2.30. The number of nitrogens with one attached hydrogen (secondary N) is 1. The molecule has 1 heterocycles. The van der Waals surface area contributed by atoms with E-state index in [1.165, 1.54) is 18.3 Å². The summed E-state index contributed by atoms with van der Waals surface area (Å²) in [4.78, 5) is 10.9. The van der Waals surface area contributed by atoms with Crippen LogP contribution in [0.1, 0.15) is 27.2 Å². The number of hydrogen-bond donors (Lipinski definition) is 2. The molecule has 19 heavy (non-hydrogen) atoms. The van der Waals surface area contributed by atoms with Crippen LogP contribution in [0.5, 0.6) is 0 Å². The SMILES string of the molecule is O=C(O)c1c[nH]nc1Cc1cccc(C(F)(F)F)c1. The number of halogens is 3. The predicted molar refractivity (Wildman–Crippen MR) is 59.8 cm³/mol. The second kappa shape index (κ2) is 4.75. The molecule has 2 aromatic rings. The Morgan fingerprint density at radius 1 is 1.37 bits per heavy atom. The molecule has 2 N–H and O–H groups in total. The molecule has 1 aromatic carbocycles. The van der Waals surface area contributed by atoms with E-state index in [-0.39, 0.29) is 17.7 Å². The first kappa shape index (κ1) is 13.1. The van der Waals surface area contributed by atoms with Gasteiger partial charge >= 0.3 is 12.1 Å². The summed E-state index contributed by atoms with van der Waals surface area (Å²) in [5.74, 6) is -1.17. The van der Waals surface area contributed by atoms with E-state index in [1.54, 1.807) is 0 Å². The zero-order chi connectivity index (χ0) is 14.0. The molecular weight excluding hydrogens is 261 g/mol. The fourth-order valence-electron chi connectivity index (χ4n) is 1.69. The van der Waals surface area contributed by atoms with E-state index in [4.69, 9.17) is 5.11 Å². The molecule has 4 nitrogen and oxygen atoms in total. The molecule has 0 saturated heterocycles. The molecule has 0 unspecified atom stereocenters. The molecular formula is C12H9F3N2O2. The van der Waals surface area contributed by atoms with Gasteiger partial charge < -0.3 is 5.11 Å². The quantitative estimate of drug-likeness (QED) is 0.901. The number of H-pyrrole nitrogens is 1. The summed E-state index contributed by atoms with van der Waals surface area (Å²) in [5, 5.41) is 15.0. The van der Waals surface area contributed by atoms with E-state index < -0.39 is 17.7 Å². The van der Waals surface area contributed by atoms with Gasteiger partial charge in [-0.2, -0.15) is 18.3 Å². The van der Waals surface area contributed by atoms with Crippen molar-refractivity contribution >= 4 is 5.97 Å². The number of nitrogens with zero attached hydrogens (tertiary/aromatic N) is 1. The minimum Gasteiger partial charge on any atom is -0.478 e. The van der Waals surface area contributed by atoms with Gasteiger partial charge in [0.05, 0.1) is 11.3 Å². The number of rotatable bonds is 3. The highest BCUT2D eigenvalue weighted by Gasteiger charge is 2.30. The van der Waals surface area contributed by atoms with E-state index in [9.17, 15) is 18.0 Å². The Balaban J connectivity index is 2.29. The summed E-state index contributed by atoms with van der Waals surface area (Å²) in [6, 6.07) is 4.73. The van der Waals surface area contributed by atoms with Gasteiger partial charge in [-0.05, 0) is 11.6 Å². The van der Waals surface area contributed by atoms with Gasteiger partial charge in [0.25, 0.3) is 0 Å². The van der Waals surface area contributed by atoms with Crippen LogP contribution in [0.15, 0.2) is 30.5 Å². The first-order chi connectivity index (χ1) is 8.88. The zero-order valence-corrected chi connectivity index (χ0v) is 9.53. The molecule has 0 aliphatic rings. The van der Waals surface area contributed by atoms with Crippen LogP contribution in [0.25, 0.3) is 0 Å². The molecule has 0 aliphatic heterocycles. The second-order valence-corrected chi connectivity index (χ2v) is 3.93. The Morgan fingerprint density at radius 3 is 2.74 bits per heavy atom. The summed E-state index contributed by atoms with van der Waals surface area (Å²) in [7, 11) is 0. The van der Waals surface area contributed by atoms with Crippen molar-refractivity contribution in [2.24, 2.45) is 0 Å². The van der Waals surface area contributed by atoms with Crippen molar-refractivity contribution in [3.63, 3.8) is 0 Å². The van der Waals surface area contributed by atoms with Gasteiger partial charge in [-0.3, -0.25) is 5.10 Å². The van der Waals surface area contributed by atoms with Gasteiger partial charge in [0.15, 0.2) is 0 Å². The molecule has 0 amide bonds. The largest absolute Gasteiger partial charge is 0.478 e. The fourth-order valence-corrected chi connectivity index (χ4v) is 1.69. The highest BCUT2D eigenvalue weighted by molar-refractivity contribution is 5.88. The number of hydrogen-bond acceptors (Lipinski definition) is 2. The summed E-state index contributed by atoms with van der Waals surface area (Å²) in [6.07, 6.45) is -3.20. The highest BCUT2D eigenvalue weighted by atomic mass is 19.4. The minimum absolute atomic E-state index is 0.0229. The van der Waals surface area contributed by atoms with Crippen molar-refractivity contribution in [3.8, 4) is 0 Å². The first-order valence-corrected chi connectivity index (χ1v) is 5.30. The molecule has 1 aromatic heterocycles. The van der Waals surface area contributed by atoms with Gasteiger partial charge in [-0.25, -0.2) is 4.79 Å². The third-order valence-electron chi connectivity index (χ3n) is 2.58. The lowest BCUT2D eigenvalue weighted by molar-refractivity contribution is -0.137. The average Bonchev–Trinajstić information content (AvgIpc) is 2.76. The number of aromatic carboxylic acids is 1. The van der Waals surface area contributed by atoms with Crippen molar-refractivity contribution in [2.75, 3.05) is 0 Å². The Labute approximate surface area is 105 Å². The van der Waals surface area contributed by atoms with Crippen LogP contribution in [0.3, 0.4) is 0 Å². The number of alkyl halides is 3. The summed E-state index contributed by atoms with van der Waals surface area (Å²) in [5.41, 5.74) is -0.258. The van der Waals surface area contributed by atoms with E-state index >= 15 is 0 Å². The van der Waals surface area contributed by atoms with Crippen LogP contribution < -0.4 is 0 Å². The van der Waals surface area contributed by atoms with Gasteiger partial charge in [0, 0.05) is 12.6 Å². The van der Waals surface area contributed by atoms with Crippen molar-refractivity contribution in [3.05, 3.63) is 52.8 Å². The summed E-state index contributed by atoms with van der Waals surface area (Å²) in [6.45, 7) is 0. The molecule has 0 saturated carbocycles. The lowest BCUT2D eigenvalue weighted by Crippen LogP contribution is -2.06. The molecule has 0 radical (unpaired) electrons. The molecule has 2 rings (SSSR count). The second-order valence-electron chi connectivity index (χ2n) is 3.93. The molecule has 100 valence electrons. The topological polar surface area (TPSA) is 66.0 Å². The molecule has 7 heteroatoms. The normalized spacial score (nSPS) is 11.5. The maximum Gasteiger partial charge on any atom is 0.416 e. The van der Waals surface area contributed by atoms with E-state index in [0.29, 0.717) is 5.56 Å². The summed E-state index contributed by atoms with van der Waals surface area (Å²) < 4.78 is 37.6. The van der Waals surface area contributed by atoms with Gasteiger partial charge in [0.2, 0.25) is 0 Å². The molecule has 0 bridgehead atoms. The lowest BCUT2D eigenvalue weighted by atomic mass is 10.0. The first-order valence-electron chi connectivity index (χ1n) is 5.30. The molecule has 0 spiro atoms. The summed E-state index contributed by atoms with van der Waals surface area (Å²) >= 11 is 0. The van der Waals surface area contributed by atoms with Gasteiger partial charge in [0.1, 0.15) is 5.56 Å². The third kappa shape index (κ3) is 2.93. The van der Waals surface area contributed by atoms with E-state index in [1.807, 2.05) is 0 Å². The maximum absolute atomic E-state index is 12.5. The average molecular weight is 270 g/mol. The van der Waals surface area contributed by atoms with Gasteiger partial charge in [-0.1, -0.05) is 18.2 Å². The zero-order valence-electron chi connectivity index (χ0n) is 9.53. The Bertz CT molecular complexity index is 605. The number of carboxylic acids is 1. The smallest absolute Gasteiger partial charge is 0.416 e. The molecule has 0 fully saturated rings. The van der Waals surface area contributed by atoms with Crippen LogP contribution in [0.4, 0.5) is 13.2 Å². The van der Waals surface area contributed by atoms with Crippen LogP contribution in [0.2, 0.25) is 0 Å². The van der Waals surface area contributed by atoms with Crippen molar-refractivity contribution < 1.29 is 23.1 Å². The van der Waals surface area contributed by atoms with Crippen molar-refractivity contribution in [1.29, 1.82) is 0 Å². The van der Waals surface area contributed by atoms with Crippen molar-refractivity contribution in [2.45, 2.75) is 12.6 Å². The van der Waals surface area contributed by atoms with Crippen molar-refractivity contribution in [1.82, 2.24) is 10.2 Å². The monoisotopic (exact) mass is 270 g/mol. The predicted octanol–water partition coefficient (Wildman–Crippen LogP) is 2.72. The lowest BCUT2D eigenvalue weighted by Gasteiger charge is -2.08. The molecule has 0 atom stereocenters. The Morgan fingerprint density at radius 2 is 2.11 bits per heavy atom. The van der Waals surface area contributed by atoms with E-state index in [0.717, 1.165) is 12.1 Å². The standard InChI is InChI=1S/C12H9F3N2O2/c13-12(14,15)8-3-1-2-7(4-8)5-10-9(11(18)19)6-16-17-10/h1-4,6H,5H2,(H,16,17)(H,18,19). The van der Waals surface area contributed by atoms with Crippen LogP contribution in [0, 0.1) is 0 Å². The maximum atomic E-state index is 12.5. The van der Waals surface area contributed by atoms with E-state index in [2.05, 4.69) is 10.2 Å². The fraction of sp³-hybridized carbons (Fsp3) is 0.167. The van der Waals surface area contributed by atoms with Crippen LogP contribution in [-0.4, -0.2) is 21.3 Å². The van der Waals surface area contributed by atoms with Crippen LogP contribution >= 0.6 is 0 Å². The number of carboxylic acid groups (broad SMARTS) is 1. The van der Waals surface area contributed by atoms with Crippen LogP contribution in [-0.2, 0) is 12.6 Å². The minimum atomic E-state index is -4.42.